The van der Waals surface area contributed by atoms with E-state index in [4.69, 9.17) is 4.74 Å². The van der Waals surface area contributed by atoms with E-state index in [-0.39, 0.29) is 11.9 Å². The van der Waals surface area contributed by atoms with Gasteiger partial charge in [-0.05, 0) is 38.8 Å². The molecule has 3 nitrogen and oxygen atoms in total. The normalized spacial score (nSPS) is 33.1. The highest BCUT2D eigenvalue weighted by Crippen LogP contribution is 2.46. The van der Waals surface area contributed by atoms with E-state index in [1.54, 1.807) is 0 Å². The molecular formula is C17H23NO2. The summed E-state index contributed by atoms with van der Waals surface area (Å²) < 4.78 is 5.10. The van der Waals surface area contributed by atoms with Crippen LogP contribution in [0.15, 0.2) is 24.3 Å². The van der Waals surface area contributed by atoms with Crippen LogP contribution in [0.3, 0.4) is 0 Å². The molecule has 0 saturated carbocycles. The minimum Gasteiger partial charge on any atom is -0.469 e. The highest BCUT2D eigenvalue weighted by Gasteiger charge is 2.49. The second-order valence-electron chi connectivity index (χ2n) is 6.27. The van der Waals surface area contributed by atoms with Gasteiger partial charge in [-0.1, -0.05) is 29.8 Å². The maximum atomic E-state index is 12.3. The van der Waals surface area contributed by atoms with Crippen LogP contribution < -0.4 is 0 Å². The number of esters is 1. The first-order valence-corrected chi connectivity index (χ1v) is 7.48. The van der Waals surface area contributed by atoms with Gasteiger partial charge >= 0.3 is 5.97 Å². The molecule has 0 N–H and O–H groups in total. The van der Waals surface area contributed by atoms with Gasteiger partial charge in [0.05, 0.1) is 13.0 Å². The largest absolute Gasteiger partial charge is 0.469 e. The van der Waals surface area contributed by atoms with E-state index >= 15 is 0 Å². The maximum Gasteiger partial charge on any atom is 0.310 e. The van der Waals surface area contributed by atoms with Crippen molar-refractivity contribution in [2.24, 2.45) is 5.92 Å². The summed E-state index contributed by atoms with van der Waals surface area (Å²) in [5.74, 6) is 0.232. The maximum absolute atomic E-state index is 12.3. The molecule has 0 aliphatic carbocycles. The van der Waals surface area contributed by atoms with Gasteiger partial charge in [-0.15, -0.1) is 0 Å². The number of ether oxygens (including phenoxy) is 1. The Morgan fingerprint density at radius 1 is 1.25 bits per heavy atom. The predicted octanol–water partition coefficient (Wildman–Crippen LogP) is 2.73. The summed E-state index contributed by atoms with van der Waals surface area (Å²) in [7, 11) is 3.67. The standard InChI is InChI=1S/C17H23NO2/c1-11-4-6-12(7-5-11)14-10-13-8-9-15(18(13)2)16(14)17(19)20-3/h4-7,13-16H,8-10H2,1-3H3/t13-,14+,15+,16-/m0/s1/i3-1. The molecule has 108 valence electrons. The molecular weight excluding hydrogens is 249 g/mol. The molecule has 1 aromatic carbocycles. The summed E-state index contributed by atoms with van der Waals surface area (Å²) in [5.41, 5.74) is 2.55. The summed E-state index contributed by atoms with van der Waals surface area (Å²) in [4.78, 5) is 14.7. The van der Waals surface area contributed by atoms with Crippen molar-refractivity contribution in [3.05, 3.63) is 35.4 Å². The van der Waals surface area contributed by atoms with Gasteiger partial charge in [0.1, 0.15) is 0 Å². The first-order chi connectivity index (χ1) is 9.61. The lowest BCUT2D eigenvalue weighted by molar-refractivity contribution is -0.150. The Morgan fingerprint density at radius 2 is 1.95 bits per heavy atom. The van der Waals surface area contributed by atoms with Crippen LogP contribution in [0.1, 0.15) is 36.3 Å². The van der Waals surface area contributed by atoms with E-state index in [1.807, 2.05) is 0 Å². The number of carbonyl (C=O) groups excluding carboxylic acids is 1. The van der Waals surface area contributed by atoms with E-state index in [1.165, 1.54) is 24.7 Å². The third-order valence-corrected chi connectivity index (χ3v) is 5.25. The summed E-state index contributed by atoms with van der Waals surface area (Å²) in [6, 6.07) is 9.61. The summed E-state index contributed by atoms with van der Waals surface area (Å²) in [6.45, 7) is 2.10. The van der Waals surface area contributed by atoms with E-state index in [0.29, 0.717) is 18.0 Å². The summed E-state index contributed by atoms with van der Waals surface area (Å²) in [5, 5.41) is 0. The zero-order valence-electron chi connectivity index (χ0n) is 12.5. The number of nitrogens with zero attached hydrogens (tertiary/aromatic N) is 1. The Kier molecular flexibility index (Phi) is 3.55. The van der Waals surface area contributed by atoms with Crippen LogP contribution in [0.5, 0.6) is 0 Å². The zero-order chi connectivity index (χ0) is 14.3. The first kappa shape index (κ1) is 13.6. The Labute approximate surface area is 120 Å². The lowest BCUT2D eigenvalue weighted by Crippen LogP contribution is -2.49. The van der Waals surface area contributed by atoms with Crippen molar-refractivity contribution in [1.82, 2.24) is 4.90 Å². The number of hydrogen-bond donors (Lipinski definition) is 0. The van der Waals surface area contributed by atoms with Crippen molar-refractivity contribution in [2.45, 2.75) is 44.2 Å². The number of rotatable bonds is 2. The van der Waals surface area contributed by atoms with Gasteiger partial charge in [-0.3, -0.25) is 9.69 Å². The molecule has 2 saturated heterocycles. The number of benzene rings is 1. The molecule has 20 heavy (non-hydrogen) atoms. The van der Waals surface area contributed by atoms with Crippen LogP contribution in [0.4, 0.5) is 0 Å². The average molecular weight is 272 g/mol. The summed E-state index contributed by atoms with van der Waals surface area (Å²) >= 11 is 0. The van der Waals surface area contributed by atoms with E-state index in [0.717, 1.165) is 12.8 Å². The van der Waals surface area contributed by atoms with Gasteiger partial charge in [-0.25, -0.2) is 0 Å². The molecule has 0 unspecified atom stereocenters. The van der Waals surface area contributed by atoms with Gasteiger partial charge < -0.3 is 4.74 Å². The van der Waals surface area contributed by atoms with Crippen molar-refractivity contribution in [1.29, 1.82) is 0 Å². The Hall–Kier alpha value is -1.35. The fourth-order valence-corrected chi connectivity index (χ4v) is 4.08. The molecule has 2 fully saturated rings. The van der Waals surface area contributed by atoms with Crippen LogP contribution in [0, 0.1) is 12.8 Å². The molecule has 3 heteroatoms. The monoisotopic (exact) mass is 272 g/mol. The average Bonchev–Trinajstić information content (AvgIpc) is 2.70. The highest BCUT2D eigenvalue weighted by molar-refractivity contribution is 5.75. The lowest BCUT2D eigenvalue weighted by Gasteiger charge is -2.41. The van der Waals surface area contributed by atoms with Gasteiger partial charge in [0.15, 0.2) is 0 Å². The minimum atomic E-state index is -0.0484. The minimum absolute atomic E-state index is 0.0218. The van der Waals surface area contributed by atoms with Crippen LogP contribution in [-0.2, 0) is 9.53 Å². The molecule has 1 aromatic rings. The number of carbonyl (C=O) groups is 1. The fraction of sp³-hybridized carbons (Fsp3) is 0.588. The quantitative estimate of drug-likeness (QED) is 0.775. The van der Waals surface area contributed by atoms with Gasteiger partial charge in [0.2, 0.25) is 0 Å². The van der Waals surface area contributed by atoms with Crippen molar-refractivity contribution in [2.75, 3.05) is 14.2 Å². The third kappa shape index (κ3) is 2.14. The third-order valence-electron chi connectivity index (χ3n) is 5.25. The van der Waals surface area contributed by atoms with Crippen molar-refractivity contribution >= 4 is 5.97 Å². The molecule has 4 atom stereocenters. The smallest absolute Gasteiger partial charge is 0.310 e. The molecule has 0 spiro atoms. The number of methoxy groups -OCH3 is 1. The van der Waals surface area contributed by atoms with Crippen LogP contribution in [0.2, 0.25) is 0 Å². The van der Waals surface area contributed by atoms with Crippen molar-refractivity contribution in [3.8, 4) is 0 Å². The van der Waals surface area contributed by atoms with Crippen LogP contribution in [0.25, 0.3) is 0 Å². The van der Waals surface area contributed by atoms with E-state index in [2.05, 4.69) is 43.1 Å². The van der Waals surface area contributed by atoms with Crippen molar-refractivity contribution in [3.63, 3.8) is 0 Å². The Balaban J connectivity index is 1.95. The summed E-state index contributed by atoms with van der Waals surface area (Å²) in [6.07, 6.45) is 3.39. The lowest BCUT2D eigenvalue weighted by atomic mass is 9.76. The van der Waals surface area contributed by atoms with Crippen molar-refractivity contribution < 1.29 is 9.53 Å². The first-order valence-electron chi connectivity index (χ1n) is 7.48. The second kappa shape index (κ2) is 5.21. The van der Waals surface area contributed by atoms with Gasteiger partial charge in [0.25, 0.3) is 0 Å². The molecule has 2 heterocycles. The molecule has 2 aliphatic rings. The number of hydrogen-bond acceptors (Lipinski definition) is 3. The number of piperidine rings is 1. The van der Waals surface area contributed by atoms with E-state index in [9.17, 15) is 4.79 Å². The fourth-order valence-electron chi connectivity index (χ4n) is 4.08. The molecule has 2 aliphatic heterocycles. The Morgan fingerprint density at radius 3 is 2.60 bits per heavy atom. The topological polar surface area (TPSA) is 29.5 Å². The molecule has 0 aromatic heterocycles. The molecule has 0 amide bonds. The zero-order valence-corrected chi connectivity index (χ0v) is 12.5. The molecule has 3 rings (SSSR count). The van der Waals surface area contributed by atoms with Gasteiger partial charge in [0, 0.05) is 18.0 Å². The van der Waals surface area contributed by atoms with Gasteiger partial charge in [-0.2, -0.15) is 0 Å². The van der Waals surface area contributed by atoms with E-state index < -0.39 is 0 Å². The molecule has 0 radical (unpaired) electrons. The second-order valence-corrected chi connectivity index (χ2v) is 6.27. The van der Waals surface area contributed by atoms with Crippen LogP contribution in [-0.4, -0.2) is 37.1 Å². The molecule has 2 bridgehead atoms. The van der Waals surface area contributed by atoms with Crippen LogP contribution >= 0.6 is 0 Å². The predicted molar refractivity (Wildman–Crippen MR) is 78.6 cm³/mol. The number of fused-ring (bicyclic) bond motifs is 2. The number of aryl methyl sites for hydroxylation is 1. The SMILES string of the molecule is Cc1ccc([C@H]2C[C@@H]3CC[C@H]([C@H]2C(=O)O[11CH3])N3C)cc1. The highest BCUT2D eigenvalue weighted by atomic mass is 16.5. The Bertz CT molecular complexity index is 496.